The van der Waals surface area contributed by atoms with Gasteiger partial charge in [0.1, 0.15) is 0 Å². The summed E-state index contributed by atoms with van der Waals surface area (Å²) in [5.74, 6) is 0.509. The minimum absolute atomic E-state index is 0.509. The molecular weight excluding hydrogens is 267 g/mol. The molecule has 1 fully saturated rings. The highest BCUT2D eigenvalue weighted by atomic mass is 35.5. The summed E-state index contributed by atoms with van der Waals surface area (Å²) in [7, 11) is 2.19. The third-order valence-corrected chi connectivity index (χ3v) is 4.48. The normalized spacial score (nSPS) is 25.5. The number of alkyl halides is 1. The van der Waals surface area contributed by atoms with Gasteiger partial charge in [0, 0.05) is 31.1 Å². The quantitative estimate of drug-likeness (QED) is 0.767. The number of halogens is 2. The second-order valence-corrected chi connectivity index (χ2v) is 5.86. The van der Waals surface area contributed by atoms with Gasteiger partial charge in [-0.05, 0) is 38.6 Å². The van der Waals surface area contributed by atoms with E-state index in [1.54, 1.807) is 0 Å². The van der Waals surface area contributed by atoms with E-state index in [1.165, 1.54) is 0 Å². The molecule has 100 valence electrons. The molecule has 1 heterocycles. The van der Waals surface area contributed by atoms with Gasteiger partial charge in [0.15, 0.2) is 0 Å². The Balaban J connectivity index is 2.21. The van der Waals surface area contributed by atoms with Crippen molar-refractivity contribution in [3.63, 3.8) is 0 Å². The van der Waals surface area contributed by atoms with Crippen molar-refractivity contribution in [2.24, 2.45) is 0 Å². The van der Waals surface area contributed by atoms with E-state index >= 15 is 0 Å². The molecule has 0 radical (unpaired) electrons. The van der Waals surface area contributed by atoms with Crippen molar-refractivity contribution < 1.29 is 0 Å². The smallest absolute Gasteiger partial charge is 0.0642 e. The molecule has 1 aromatic carbocycles. The van der Waals surface area contributed by atoms with E-state index < -0.39 is 0 Å². The Morgan fingerprint density at radius 3 is 2.33 bits per heavy atom. The largest absolute Gasteiger partial charge is 0.367 e. The van der Waals surface area contributed by atoms with Crippen LogP contribution < -0.4 is 4.90 Å². The predicted molar refractivity (Wildman–Crippen MR) is 79.9 cm³/mol. The summed E-state index contributed by atoms with van der Waals surface area (Å²) >= 11 is 12.2. The first-order valence-electron chi connectivity index (χ1n) is 6.34. The van der Waals surface area contributed by atoms with Gasteiger partial charge in [0.25, 0.3) is 0 Å². The zero-order valence-electron chi connectivity index (χ0n) is 11.2. The van der Waals surface area contributed by atoms with E-state index in [4.69, 9.17) is 23.2 Å². The Hall–Kier alpha value is -0.440. The van der Waals surface area contributed by atoms with Crippen molar-refractivity contribution in [1.29, 1.82) is 0 Å². The molecule has 1 saturated heterocycles. The van der Waals surface area contributed by atoms with Crippen LogP contribution in [0.15, 0.2) is 18.2 Å². The number of likely N-dealkylation sites (N-methyl/N-ethyl adjacent to an activating group) is 1. The summed E-state index contributed by atoms with van der Waals surface area (Å²) < 4.78 is 0. The minimum Gasteiger partial charge on any atom is -0.367 e. The molecule has 2 unspecified atom stereocenters. The lowest BCUT2D eigenvalue weighted by Gasteiger charge is -2.43. The zero-order valence-corrected chi connectivity index (χ0v) is 12.7. The van der Waals surface area contributed by atoms with Crippen molar-refractivity contribution in [2.75, 3.05) is 25.0 Å². The standard InChI is InChI=1S/C14H20Cl2N2/c1-10-8-18(9-11(2)17(10)3)14-5-4-12(7-15)6-13(14)16/h4-6,10-11H,7-9H2,1-3H3. The maximum absolute atomic E-state index is 6.36. The third kappa shape index (κ3) is 2.76. The molecule has 0 amide bonds. The van der Waals surface area contributed by atoms with Gasteiger partial charge in [0.05, 0.1) is 10.7 Å². The first kappa shape index (κ1) is 14.0. The lowest BCUT2D eigenvalue weighted by atomic mass is 10.1. The first-order valence-corrected chi connectivity index (χ1v) is 7.25. The highest BCUT2D eigenvalue weighted by molar-refractivity contribution is 6.33. The number of nitrogens with zero attached hydrogens (tertiary/aromatic N) is 2. The lowest BCUT2D eigenvalue weighted by Crippen LogP contribution is -2.55. The van der Waals surface area contributed by atoms with Gasteiger partial charge in [-0.3, -0.25) is 4.90 Å². The van der Waals surface area contributed by atoms with Gasteiger partial charge in [-0.1, -0.05) is 17.7 Å². The maximum atomic E-state index is 6.36. The van der Waals surface area contributed by atoms with Crippen molar-refractivity contribution in [2.45, 2.75) is 31.8 Å². The Kier molecular flexibility index (Phi) is 4.41. The predicted octanol–water partition coefficient (Wildman–Crippen LogP) is 3.61. The zero-order chi connectivity index (χ0) is 13.3. The van der Waals surface area contributed by atoms with E-state index in [0.717, 1.165) is 29.4 Å². The minimum atomic E-state index is 0.509. The van der Waals surface area contributed by atoms with Crippen molar-refractivity contribution in [3.8, 4) is 0 Å². The fraction of sp³-hybridized carbons (Fsp3) is 0.571. The number of anilines is 1. The number of hydrogen-bond acceptors (Lipinski definition) is 2. The topological polar surface area (TPSA) is 6.48 Å². The van der Waals surface area contributed by atoms with E-state index in [9.17, 15) is 0 Å². The van der Waals surface area contributed by atoms with Gasteiger partial charge in [-0.25, -0.2) is 0 Å². The molecule has 1 aromatic rings. The van der Waals surface area contributed by atoms with Crippen LogP contribution in [-0.4, -0.2) is 37.1 Å². The molecule has 18 heavy (non-hydrogen) atoms. The molecule has 0 aliphatic carbocycles. The van der Waals surface area contributed by atoms with Crippen LogP contribution in [0.2, 0.25) is 5.02 Å². The van der Waals surface area contributed by atoms with Crippen molar-refractivity contribution >= 4 is 28.9 Å². The highest BCUT2D eigenvalue weighted by Gasteiger charge is 2.27. The van der Waals surface area contributed by atoms with Gasteiger partial charge < -0.3 is 4.90 Å². The van der Waals surface area contributed by atoms with Gasteiger partial charge in [-0.2, -0.15) is 0 Å². The molecule has 2 atom stereocenters. The average Bonchev–Trinajstić information content (AvgIpc) is 2.35. The van der Waals surface area contributed by atoms with Crippen LogP contribution in [0.3, 0.4) is 0 Å². The van der Waals surface area contributed by atoms with Crippen LogP contribution in [0.25, 0.3) is 0 Å². The van der Waals surface area contributed by atoms with Gasteiger partial charge in [-0.15, -0.1) is 11.6 Å². The summed E-state index contributed by atoms with van der Waals surface area (Å²) in [5, 5.41) is 0.803. The molecule has 0 N–H and O–H groups in total. The molecule has 2 nitrogen and oxygen atoms in total. The molecule has 0 spiro atoms. The van der Waals surface area contributed by atoms with Crippen LogP contribution in [0, 0.1) is 0 Å². The first-order chi connectivity index (χ1) is 8.52. The summed E-state index contributed by atoms with van der Waals surface area (Å²) in [5.41, 5.74) is 2.19. The van der Waals surface area contributed by atoms with E-state index in [1.807, 2.05) is 6.07 Å². The summed E-state index contributed by atoms with van der Waals surface area (Å²) in [6, 6.07) is 7.19. The molecule has 1 aliphatic rings. The number of rotatable bonds is 2. The fourth-order valence-electron chi connectivity index (χ4n) is 2.49. The Morgan fingerprint density at radius 1 is 1.22 bits per heavy atom. The number of piperazine rings is 1. The molecule has 0 aromatic heterocycles. The van der Waals surface area contributed by atoms with Crippen LogP contribution >= 0.6 is 23.2 Å². The van der Waals surface area contributed by atoms with Crippen molar-refractivity contribution in [1.82, 2.24) is 4.90 Å². The molecule has 0 bridgehead atoms. The van der Waals surface area contributed by atoms with Crippen molar-refractivity contribution in [3.05, 3.63) is 28.8 Å². The fourth-order valence-corrected chi connectivity index (χ4v) is 2.98. The molecule has 4 heteroatoms. The third-order valence-electron chi connectivity index (χ3n) is 3.87. The Bertz CT molecular complexity index is 410. The van der Waals surface area contributed by atoms with Crippen LogP contribution in [0.5, 0.6) is 0 Å². The molecule has 2 rings (SSSR count). The summed E-state index contributed by atoms with van der Waals surface area (Å²) in [6.45, 7) is 6.54. The summed E-state index contributed by atoms with van der Waals surface area (Å²) in [4.78, 5) is 4.78. The Labute approximate surface area is 119 Å². The van der Waals surface area contributed by atoms with E-state index in [2.05, 4.69) is 42.8 Å². The number of hydrogen-bond donors (Lipinski definition) is 0. The maximum Gasteiger partial charge on any atom is 0.0642 e. The van der Waals surface area contributed by atoms with E-state index in [0.29, 0.717) is 18.0 Å². The second kappa shape index (κ2) is 5.68. The van der Waals surface area contributed by atoms with Gasteiger partial charge in [0.2, 0.25) is 0 Å². The Morgan fingerprint density at radius 2 is 1.83 bits per heavy atom. The average molecular weight is 287 g/mol. The molecule has 1 aliphatic heterocycles. The van der Waals surface area contributed by atoms with Crippen LogP contribution in [0.1, 0.15) is 19.4 Å². The SMILES string of the molecule is CC1CN(c2ccc(CCl)cc2Cl)CC(C)N1C. The van der Waals surface area contributed by atoms with E-state index in [-0.39, 0.29) is 0 Å². The monoisotopic (exact) mass is 286 g/mol. The highest BCUT2D eigenvalue weighted by Crippen LogP contribution is 2.30. The summed E-state index contributed by atoms with van der Waals surface area (Å²) in [6.07, 6.45) is 0. The molecule has 0 saturated carbocycles. The molecular formula is C14H20Cl2N2. The number of benzene rings is 1. The van der Waals surface area contributed by atoms with Crippen LogP contribution in [0.4, 0.5) is 5.69 Å². The van der Waals surface area contributed by atoms with Crippen LogP contribution in [-0.2, 0) is 5.88 Å². The lowest BCUT2D eigenvalue weighted by molar-refractivity contribution is 0.170. The van der Waals surface area contributed by atoms with Gasteiger partial charge >= 0.3 is 0 Å². The second-order valence-electron chi connectivity index (χ2n) is 5.19.